The van der Waals surface area contributed by atoms with Gasteiger partial charge in [-0.05, 0) is 48.5 Å². The molecule has 1 amide bonds. The van der Waals surface area contributed by atoms with Crippen molar-refractivity contribution < 1.29 is 13.6 Å². The van der Waals surface area contributed by atoms with Crippen LogP contribution in [0.2, 0.25) is 15.1 Å². The van der Waals surface area contributed by atoms with Crippen molar-refractivity contribution in [3.8, 4) is 11.3 Å². The topological polar surface area (TPSA) is 42.2 Å². The standard InChI is InChI=1S/C17H9Cl3FNO2/c18-11-3-1-9(7-12(11)19)15-5-6-16(24-15)17(23)22-10-2-4-14(21)13(20)8-10/h1-8H,(H,22,23). The van der Waals surface area contributed by atoms with Crippen LogP contribution in [0.3, 0.4) is 0 Å². The fourth-order valence-corrected chi connectivity index (χ4v) is 2.51. The van der Waals surface area contributed by atoms with E-state index in [0.29, 0.717) is 27.1 Å². The number of benzene rings is 2. The Kier molecular flexibility index (Phi) is 4.81. The number of hydrogen-bond acceptors (Lipinski definition) is 2. The Bertz CT molecular complexity index is 924. The Morgan fingerprint density at radius 1 is 0.917 bits per heavy atom. The van der Waals surface area contributed by atoms with Gasteiger partial charge in [-0.25, -0.2) is 4.39 Å². The van der Waals surface area contributed by atoms with Crippen LogP contribution < -0.4 is 5.32 Å². The molecule has 2 aromatic carbocycles. The van der Waals surface area contributed by atoms with Crippen LogP contribution in [-0.4, -0.2) is 5.91 Å². The molecular formula is C17H9Cl3FNO2. The average molecular weight is 385 g/mol. The normalized spacial score (nSPS) is 10.7. The lowest BCUT2D eigenvalue weighted by Crippen LogP contribution is -2.10. The lowest BCUT2D eigenvalue weighted by molar-refractivity contribution is 0.0997. The monoisotopic (exact) mass is 383 g/mol. The van der Waals surface area contributed by atoms with Crippen LogP contribution in [0, 0.1) is 5.82 Å². The Hall–Kier alpha value is -2.01. The third-order valence-electron chi connectivity index (χ3n) is 3.21. The molecule has 0 bridgehead atoms. The number of nitrogens with one attached hydrogen (secondary N) is 1. The molecule has 3 aromatic rings. The molecule has 0 aliphatic carbocycles. The van der Waals surface area contributed by atoms with Gasteiger partial charge in [-0.1, -0.05) is 34.8 Å². The van der Waals surface area contributed by atoms with Crippen molar-refractivity contribution in [3.05, 3.63) is 75.2 Å². The van der Waals surface area contributed by atoms with Crippen LogP contribution in [0.5, 0.6) is 0 Å². The first-order valence-electron chi connectivity index (χ1n) is 6.76. The van der Waals surface area contributed by atoms with E-state index in [1.807, 2.05) is 0 Å². The fourth-order valence-electron chi connectivity index (χ4n) is 2.03. The Balaban J connectivity index is 1.80. The van der Waals surface area contributed by atoms with Crippen molar-refractivity contribution in [2.75, 3.05) is 5.32 Å². The maximum Gasteiger partial charge on any atom is 0.291 e. The van der Waals surface area contributed by atoms with Crippen molar-refractivity contribution >= 4 is 46.4 Å². The lowest BCUT2D eigenvalue weighted by Gasteiger charge is -2.04. The SMILES string of the molecule is O=C(Nc1ccc(F)c(Cl)c1)c1ccc(-c2ccc(Cl)c(Cl)c2)o1. The zero-order valence-corrected chi connectivity index (χ0v) is 14.2. The highest BCUT2D eigenvalue weighted by atomic mass is 35.5. The number of carbonyl (C=O) groups is 1. The summed E-state index contributed by atoms with van der Waals surface area (Å²) in [5, 5.41) is 3.32. The number of rotatable bonds is 3. The van der Waals surface area contributed by atoms with Crippen molar-refractivity contribution in [1.82, 2.24) is 0 Å². The van der Waals surface area contributed by atoms with Gasteiger partial charge in [0.15, 0.2) is 5.76 Å². The van der Waals surface area contributed by atoms with Gasteiger partial charge in [0.05, 0.1) is 15.1 Å². The number of hydrogen-bond donors (Lipinski definition) is 1. The van der Waals surface area contributed by atoms with Gasteiger partial charge in [-0.3, -0.25) is 4.79 Å². The molecule has 0 radical (unpaired) electrons. The highest BCUT2D eigenvalue weighted by Crippen LogP contribution is 2.30. The second kappa shape index (κ2) is 6.85. The maximum atomic E-state index is 13.1. The fraction of sp³-hybridized carbons (Fsp3) is 0. The molecular weight excluding hydrogens is 376 g/mol. The predicted octanol–water partition coefficient (Wildman–Crippen LogP) is 6.30. The van der Waals surface area contributed by atoms with Gasteiger partial charge >= 0.3 is 0 Å². The molecule has 0 saturated heterocycles. The van der Waals surface area contributed by atoms with Crippen LogP contribution in [0.4, 0.5) is 10.1 Å². The zero-order chi connectivity index (χ0) is 17.3. The molecule has 0 aliphatic rings. The summed E-state index contributed by atoms with van der Waals surface area (Å²) >= 11 is 17.5. The first-order valence-corrected chi connectivity index (χ1v) is 7.89. The Morgan fingerprint density at radius 3 is 2.42 bits per heavy atom. The minimum atomic E-state index is -0.561. The third kappa shape index (κ3) is 3.56. The van der Waals surface area contributed by atoms with Gasteiger partial charge < -0.3 is 9.73 Å². The predicted molar refractivity (Wildman–Crippen MR) is 93.5 cm³/mol. The molecule has 0 saturated carbocycles. The lowest BCUT2D eigenvalue weighted by atomic mass is 10.2. The number of halogens is 4. The Morgan fingerprint density at radius 2 is 1.71 bits per heavy atom. The minimum Gasteiger partial charge on any atom is -0.451 e. The summed E-state index contributed by atoms with van der Waals surface area (Å²) in [7, 11) is 0. The van der Waals surface area contributed by atoms with Crippen LogP contribution in [-0.2, 0) is 0 Å². The van der Waals surface area contributed by atoms with Crippen molar-refractivity contribution in [2.45, 2.75) is 0 Å². The van der Waals surface area contributed by atoms with Gasteiger partial charge in [-0.2, -0.15) is 0 Å². The first-order chi connectivity index (χ1) is 11.4. The largest absolute Gasteiger partial charge is 0.451 e. The molecule has 122 valence electrons. The van der Waals surface area contributed by atoms with Crippen molar-refractivity contribution in [2.24, 2.45) is 0 Å². The summed E-state index contributed by atoms with van der Waals surface area (Å²) < 4.78 is 18.7. The quantitative estimate of drug-likeness (QED) is 0.576. The molecule has 0 spiro atoms. The van der Waals surface area contributed by atoms with Gasteiger partial charge in [0.25, 0.3) is 5.91 Å². The summed E-state index contributed by atoms with van der Waals surface area (Å²) in [4.78, 5) is 12.2. The van der Waals surface area contributed by atoms with Crippen LogP contribution in [0.1, 0.15) is 10.6 Å². The summed E-state index contributed by atoms with van der Waals surface area (Å²) in [6, 6.07) is 12.1. The second-order valence-corrected chi connectivity index (χ2v) is 6.10. The molecule has 3 nitrogen and oxygen atoms in total. The number of carbonyl (C=O) groups excluding carboxylic acids is 1. The summed E-state index contributed by atoms with van der Waals surface area (Å²) in [6.45, 7) is 0. The van der Waals surface area contributed by atoms with Crippen LogP contribution >= 0.6 is 34.8 Å². The molecule has 0 fully saturated rings. The highest BCUT2D eigenvalue weighted by molar-refractivity contribution is 6.42. The number of anilines is 1. The van der Waals surface area contributed by atoms with Gasteiger partial charge in [0.1, 0.15) is 11.6 Å². The number of furan rings is 1. The molecule has 0 aliphatic heterocycles. The molecule has 0 atom stereocenters. The third-order valence-corrected chi connectivity index (χ3v) is 4.24. The molecule has 24 heavy (non-hydrogen) atoms. The summed E-state index contributed by atoms with van der Waals surface area (Å²) in [5.74, 6) is -0.481. The van der Waals surface area contributed by atoms with Crippen molar-refractivity contribution in [3.63, 3.8) is 0 Å². The number of amides is 1. The second-order valence-electron chi connectivity index (χ2n) is 4.88. The van der Waals surface area contributed by atoms with Crippen molar-refractivity contribution in [1.29, 1.82) is 0 Å². The molecule has 3 rings (SSSR count). The van der Waals surface area contributed by atoms with Crippen LogP contribution in [0.25, 0.3) is 11.3 Å². The van der Waals surface area contributed by atoms with E-state index in [1.165, 1.54) is 24.3 Å². The van der Waals surface area contributed by atoms with E-state index in [1.54, 1.807) is 24.3 Å². The van der Waals surface area contributed by atoms with E-state index >= 15 is 0 Å². The van der Waals surface area contributed by atoms with E-state index in [9.17, 15) is 9.18 Å². The smallest absolute Gasteiger partial charge is 0.291 e. The van der Waals surface area contributed by atoms with E-state index in [2.05, 4.69) is 5.32 Å². The first kappa shape index (κ1) is 16.8. The van der Waals surface area contributed by atoms with E-state index < -0.39 is 11.7 Å². The molecule has 0 unspecified atom stereocenters. The Labute approximate surface area is 151 Å². The molecule has 1 aromatic heterocycles. The summed E-state index contributed by atoms with van der Waals surface area (Å²) in [6.07, 6.45) is 0. The summed E-state index contributed by atoms with van der Waals surface area (Å²) in [5.41, 5.74) is 1.05. The molecule has 1 N–H and O–H groups in total. The van der Waals surface area contributed by atoms with Gasteiger partial charge in [0.2, 0.25) is 0 Å². The van der Waals surface area contributed by atoms with E-state index in [4.69, 9.17) is 39.2 Å². The van der Waals surface area contributed by atoms with Crippen LogP contribution in [0.15, 0.2) is 52.9 Å². The highest BCUT2D eigenvalue weighted by Gasteiger charge is 2.14. The average Bonchev–Trinajstić information content (AvgIpc) is 3.04. The molecule has 7 heteroatoms. The van der Waals surface area contributed by atoms with Gasteiger partial charge in [-0.15, -0.1) is 0 Å². The maximum absolute atomic E-state index is 13.1. The molecule has 1 heterocycles. The van der Waals surface area contributed by atoms with Gasteiger partial charge in [0, 0.05) is 11.3 Å². The van der Waals surface area contributed by atoms with E-state index in [-0.39, 0.29) is 10.8 Å². The minimum absolute atomic E-state index is 0.0799. The zero-order valence-electron chi connectivity index (χ0n) is 11.9. The van der Waals surface area contributed by atoms with E-state index in [0.717, 1.165) is 0 Å².